The van der Waals surface area contributed by atoms with Crippen LogP contribution in [0.1, 0.15) is 12.0 Å². The van der Waals surface area contributed by atoms with Gasteiger partial charge in [-0.2, -0.15) is 0 Å². The van der Waals surface area contributed by atoms with Crippen molar-refractivity contribution in [3.05, 3.63) is 65.2 Å². The van der Waals surface area contributed by atoms with Crippen LogP contribution in [-0.4, -0.2) is 24.4 Å². The van der Waals surface area contributed by atoms with E-state index >= 15 is 0 Å². The standard InChI is InChI=1S/C18H17ClN2O2/c19-14-6-4-5-13(11-14)9-10-20-16-12-17(22)21(18(16)23)15-7-2-1-3-8-15/h1-8,11,16,20H,9-10,12H2. The molecular weight excluding hydrogens is 312 g/mol. The van der Waals surface area contributed by atoms with Gasteiger partial charge in [0.1, 0.15) is 0 Å². The molecule has 5 heteroatoms. The molecular formula is C18H17ClN2O2. The second-order valence-electron chi connectivity index (χ2n) is 5.49. The second kappa shape index (κ2) is 6.94. The number of nitrogens with zero attached hydrogens (tertiary/aromatic N) is 1. The average Bonchev–Trinajstić information content (AvgIpc) is 2.82. The van der Waals surface area contributed by atoms with Crippen LogP contribution >= 0.6 is 11.6 Å². The third-order valence-corrected chi connectivity index (χ3v) is 4.09. The molecule has 2 aromatic rings. The monoisotopic (exact) mass is 328 g/mol. The molecule has 2 aromatic carbocycles. The molecule has 1 atom stereocenters. The van der Waals surface area contributed by atoms with Gasteiger partial charge < -0.3 is 5.32 Å². The quantitative estimate of drug-likeness (QED) is 0.859. The first kappa shape index (κ1) is 15.7. The third kappa shape index (κ3) is 3.60. The topological polar surface area (TPSA) is 49.4 Å². The Kier molecular flexibility index (Phi) is 4.74. The van der Waals surface area contributed by atoms with Gasteiger partial charge in [0, 0.05) is 5.02 Å². The molecule has 0 spiro atoms. The van der Waals surface area contributed by atoms with Gasteiger partial charge in [0.05, 0.1) is 18.2 Å². The van der Waals surface area contributed by atoms with E-state index in [-0.39, 0.29) is 18.2 Å². The van der Waals surface area contributed by atoms with Crippen LogP contribution in [0.15, 0.2) is 54.6 Å². The normalized spacial score (nSPS) is 17.8. The molecule has 1 unspecified atom stereocenters. The van der Waals surface area contributed by atoms with Crippen molar-refractivity contribution in [3.63, 3.8) is 0 Å². The number of imide groups is 1. The van der Waals surface area contributed by atoms with Gasteiger partial charge in [0.15, 0.2) is 0 Å². The van der Waals surface area contributed by atoms with E-state index < -0.39 is 6.04 Å². The minimum atomic E-state index is -0.457. The fraction of sp³-hybridized carbons (Fsp3) is 0.222. The maximum absolute atomic E-state index is 12.4. The number of amides is 2. The molecule has 0 bridgehead atoms. The Morgan fingerprint density at radius 1 is 1.09 bits per heavy atom. The van der Waals surface area contributed by atoms with Crippen molar-refractivity contribution in [2.24, 2.45) is 0 Å². The Bertz CT molecular complexity index is 718. The third-order valence-electron chi connectivity index (χ3n) is 3.85. The summed E-state index contributed by atoms with van der Waals surface area (Å²) in [4.78, 5) is 25.8. The molecule has 1 aliphatic heterocycles. The summed E-state index contributed by atoms with van der Waals surface area (Å²) in [6.07, 6.45) is 0.952. The summed E-state index contributed by atoms with van der Waals surface area (Å²) < 4.78 is 0. The molecule has 1 aliphatic rings. The van der Waals surface area contributed by atoms with E-state index in [1.54, 1.807) is 12.1 Å². The number of rotatable bonds is 5. The summed E-state index contributed by atoms with van der Waals surface area (Å²) in [5, 5.41) is 3.87. The Morgan fingerprint density at radius 3 is 2.61 bits per heavy atom. The number of para-hydroxylation sites is 1. The van der Waals surface area contributed by atoms with Gasteiger partial charge in [-0.25, -0.2) is 4.90 Å². The predicted octanol–water partition coefficient (Wildman–Crippen LogP) is 2.80. The van der Waals surface area contributed by atoms with Gasteiger partial charge in [-0.1, -0.05) is 41.9 Å². The van der Waals surface area contributed by atoms with Crippen molar-refractivity contribution in [2.45, 2.75) is 18.9 Å². The minimum absolute atomic E-state index is 0.165. The lowest BCUT2D eigenvalue weighted by Gasteiger charge is -2.15. The summed E-state index contributed by atoms with van der Waals surface area (Å²) in [7, 11) is 0. The van der Waals surface area contributed by atoms with Crippen molar-refractivity contribution in [3.8, 4) is 0 Å². The van der Waals surface area contributed by atoms with Gasteiger partial charge in [-0.05, 0) is 42.8 Å². The molecule has 0 saturated carbocycles. The van der Waals surface area contributed by atoms with E-state index in [0.717, 1.165) is 12.0 Å². The van der Waals surface area contributed by atoms with Crippen LogP contribution in [0.2, 0.25) is 5.02 Å². The summed E-state index contributed by atoms with van der Waals surface area (Å²) in [5.74, 6) is -0.353. The SMILES string of the molecule is O=C1CC(NCCc2cccc(Cl)c2)C(=O)N1c1ccccc1. The fourth-order valence-corrected chi connectivity index (χ4v) is 2.94. The Morgan fingerprint density at radius 2 is 1.87 bits per heavy atom. The maximum Gasteiger partial charge on any atom is 0.251 e. The number of hydrogen-bond acceptors (Lipinski definition) is 3. The molecule has 1 heterocycles. The van der Waals surface area contributed by atoms with Gasteiger partial charge in [-0.15, -0.1) is 0 Å². The van der Waals surface area contributed by atoms with E-state index in [1.165, 1.54) is 4.90 Å². The number of hydrogen-bond donors (Lipinski definition) is 1. The molecule has 23 heavy (non-hydrogen) atoms. The van der Waals surface area contributed by atoms with Crippen molar-refractivity contribution in [1.82, 2.24) is 5.32 Å². The highest BCUT2D eigenvalue weighted by Gasteiger charge is 2.38. The molecule has 2 amide bonds. The van der Waals surface area contributed by atoms with E-state index in [4.69, 9.17) is 11.6 Å². The van der Waals surface area contributed by atoms with Crippen molar-refractivity contribution in [1.29, 1.82) is 0 Å². The number of nitrogens with one attached hydrogen (secondary N) is 1. The van der Waals surface area contributed by atoms with Gasteiger partial charge >= 0.3 is 0 Å². The Hall–Kier alpha value is -2.17. The number of anilines is 1. The zero-order valence-corrected chi connectivity index (χ0v) is 13.3. The summed E-state index contributed by atoms with van der Waals surface area (Å²) in [6, 6.07) is 16.2. The van der Waals surface area contributed by atoms with E-state index in [1.807, 2.05) is 42.5 Å². The highest BCUT2D eigenvalue weighted by Crippen LogP contribution is 2.22. The second-order valence-corrected chi connectivity index (χ2v) is 5.93. The molecule has 1 N–H and O–H groups in total. The summed E-state index contributed by atoms with van der Waals surface area (Å²) in [5.41, 5.74) is 1.73. The first-order valence-electron chi connectivity index (χ1n) is 7.55. The van der Waals surface area contributed by atoms with Gasteiger partial charge in [-0.3, -0.25) is 9.59 Å². The first-order valence-corrected chi connectivity index (χ1v) is 7.92. The van der Waals surface area contributed by atoms with E-state index in [0.29, 0.717) is 17.3 Å². The highest BCUT2D eigenvalue weighted by molar-refractivity contribution is 6.30. The number of halogens is 1. The van der Waals surface area contributed by atoms with E-state index in [9.17, 15) is 9.59 Å². The fourth-order valence-electron chi connectivity index (χ4n) is 2.72. The van der Waals surface area contributed by atoms with Crippen LogP contribution in [0.3, 0.4) is 0 Å². The van der Waals surface area contributed by atoms with Gasteiger partial charge in [0.25, 0.3) is 5.91 Å². The summed E-state index contributed by atoms with van der Waals surface area (Å²) >= 11 is 5.95. The molecule has 1 fully saturated rings. The van der Waals surface area contributed by atoms with Crippen LogP contribution in [0.4, 0.5) is 5.69 Å². The molecule has 118 valence electrons. The van der Waals surface area contributed by atoms with Crippen molar-refractivity contribution >= 4 is 29.1 Å². The molecule has 4 nitrogen and oxygen atoms in total. The first-order chi connectivity index (χ1) is 11.1. The minimum Gasteiger partial charge on any atom is -0.305 e. The van der Waals surface area contributed by atoms with Crippen LogP contribution in [-0.2, 0) is 16.0 Å². The summed E-state index contributed by atoms with van der Waals surface area (Å²) in [6.45, 7) is 0.618. The van der Waals surface area contributed by atoms with Crippen LogP contribution in [0.25, 0.3) is 0 Å². The zero-order chi connectivity index (χ0) is 16.2. The predicted molar refractivity (Wildman–Crippen MR) is 90.5 cm³/mol. The number of benzene rings is 2. The lowest BCUT2D eigenvalue weighted by atomic mass is 10.1. The highest BCUT2D eigenvalue weighted by atomic mass is 35.5. The van der Waals surface area contributed by atoms with Crippen molar-refractivity contribution < 1.29 is 9.59 Å². The van der Waals surface area contributed by atoms with Gasteiger partial charge in [0.2, 0.25) is 5.91 Å². The van der Waals surface area contributed by atoms with Crippen LogP contribution in [0.5, 0.6) is 0 Å². The molecule has 1 saturated heterocycles. The van der Waals surface area contributed by atoms with Crippen molar-refractivity contribution in [2.75, 3.05) is 11.4 Å². The van der Waals surface area contributed by atoms with Crippen LogP contribution in [0, 0.1) is 0 Å². The lowest BCUT2D eigenvalue weighted by Crippen LogP contribution is -2.39. The molecule has 3 rings (SSSR count). The molecule has 0 aromatic heterocycles. The van der Waals surface area contributed by atoms with Crippen LogP contribution < -0.4 is 10.2 Å². The number of carbonyl (C=O) groups excluding carboxylic acids is 2. The lowest BCUT2D eigenvalue weighted by molar-refractivity contribution is -0.121. The molecule has 0 aliphatic carbocycles. The van der Waals surface area contributed by atoms with E-state index in [2.05, 4.69) is 5.32 Å². The largest absolute Gasteiger partial charge is 0.305 e. The maximum atomic E-state index is 12.4. The smallest absolute Gasteiger partial charge is 0.251 e. The average molecular weight is 329 g/mol. The molecule has 0 radical (unpaired) electrons. The Labute approximate surface area is 140 Å². The zero-order valence-electron chi connectivity index (χ0n) is 12.5. The number of carbonyl (C=O) groups is 2. The Balaban J connectivity index is 1.59.